The van der Waals surface area contributed by atoms with E-state index in [4.69, 9.17) is 14.3 Å². The Morgan fingerprint density at radius 3 is 2.63 bits per heavy atom. The Bertz CT molecular complexity index is 833. The number of anilines is 1. The zero-order chi connectivity index (χ0) is 19.5. The standard InChI is InChI=1S/C22H29N5O2.HI/c1-3-7-17(8-4-1)24-22(27-13-5-2-6-14-27)23-15-18-11-12-19(28-18)21-25-20(26-29-21)16-9-10-16;/h1,3-4,7-8,16,18-19H,2,5-6,9-15H2,(H,23,24);1H/t18-,19+;/m1./s1. The Morgan fingerprint density at radius 2 is 1.87 bits per heavy atom. The summed E-state index contributed by atoms with van der Waals surface area (Å²) in [5, 5.41) is 7.64. The lowest BCUT2D eigenvalue weighted by Gasteiger charge is -2.30. The summed E-state index contributed by atoms with van der Waals surface area (Å²) in [4.78, 5) is 11.9. The van der Waals surface area contributed by atoms with Gasteiger partial charge in [0.2, 0.25) is 0 Å². The molecule has 8 heteroatoms. The van der Waals surface area contributed by atoms with Gasteiger partial charge in [0.25, 0.3) is 5.89 Å². The van der Waals surface area contributed by atoms with E-state index in [1.54, 1.807) is 0 Å². The van der Waals surface area contributed by atoms with E-state index in [1.165, 1.54) is 32.1 Å². The largest absolute Gasteiger partial charge is 0.363 e. The van der Waals surface area contributed by atoms with Gasteiger partial charge in [-0.15, -0.1) is 24.0 Å². The van der Waals surface area contributed by atoms with Crippen LogP contribution in [0.15, 0.2) is 39.8 Å². The van der Waals surface area contributed by atoms with Crippen LogP contribution in [0.25, 0.3) is 0 Å². The third-order valence-corrected chi connectivity index (χ3v) is 5.91. The topological polar surface area (TPSA) is 75.8 Å². The summed E-state index contributed by atoms with van der Waals surface area (Å²) in [6.45, 7) is 2.75. The van der Waals surface area contributed by atoms with Crippen LogP contribution in [0.1, 0.15) is 68.7 Å². The van der Waals surface area contributed by atoms with E-state index in [0.29, 0.717) is 18.4 Å². The van der Waals surface area contributed by atoms with Gasteiger partial charge in [0, 0.05) is 24.7 Å². The molecule has 2 aromatic rings. The molecule has 162 valence electrons. The van der Waals surface area contributed by atoms with Gasteiger partial charge in [-0.1, -0.05) is 23.4 Å². The van der Waals surface area contributed by atoms with E-state index in [0.717, 1.165) is 43.4 Å². The van der Waals surface area contributed by atoms with Crippen molar-refractivity contribution in [1.82, 2.24) is 15.0 Å². The number of likely N-dealkylation sites (tertiary alicyclic amines) is 1. The van der Waals surface area contributed by atoms with Crippen LogP contribution >= 0.6 is 24.0 Å². The van der Waals surface area contributed by atoms with Crippen molar-refractivity contribution in [3.63, 3.8) is 0 Å². The van der Waals surface area contributed by atoms with E-state index < -0.39 is 0 Å². The van der Waals surface area contributed by atoms with Crippen LogP contribution in [0.2, 0.25) is 0 Å². The van der Waals surface area contributed by atoms with E-state index in [1.807, 2.05) is 18.2 Å². The van der Waals surface area contributed by atoms with E-state index in [9.17, 15) is 0 Å². The van der Waals surface area contributed by atoms with Crippen molar-refractivity contribution in [2.45, 2.75) is 63.1 Å². The van der Waals surface area contributed by atoms with Crippen LogP contribution in [0, 0.1) is 0 Å². The lowest BCUT2D eigenvalue weighted by Crippen LogP contribution is -2.40. The van der Waals surface area contributed by atoms with Crippen molar-refractivity contribution in [3.8, 4) is 0 Å². The summed E-state index contributed by atoms with van der Waals surface area (Å²) in [5.74, 6) is 2.95. The van der Waals surface area contributed by atoms with Crippen LogP contribution in [-0.2, 0) is 4.74 Å². The molecule has 0 unspecified atom stereocenters. The maximum atomic E-state index is 6.20. The zero-order valence-corrected chi connectivity index (χ0v) is 19.5. The Labute approximate surface area is 194 Å². The summed E-state index contributed by atoms with van der Waals surface area (Å²) in [6.07, 6.45) is 7.98. The summed E-state index contributed by atoms with van der Waals surface area (Å²) in [5.41, 5.74) is 1.07. The first-order valence-corrected chi connectivity index (χ1v) is 11.0. The molecule has 1 aliphatic carbocycles. The lowest BCUT2D eigenvalue weighted by molar-refractivity contribution is 0.0308. The minimum absolute atomic E-state index is 0. The smallest absolute Gasteiger partial charge is 0.255 e. The number of guanidine groups is 1. The summed E-state index contributed by atoms with van der Waals surface area (Å²) in [6, 6.07) is 10.3. The van der Waals surface area contributed by atoms with Gasteiger partial charge < -0.3 is 19.5 Å². The van der Waals surface area contributed by atoms with Crippen molar-refractivity contribution in [3.05, 3.63) is 42.0 Å². The van der Waals surface area contributed by atoms with Crippen LogP contribution in [0.5, 0.6) is 0 Å². The highest BCUT2D eigenvalue weighted by molar-refractivity contribution is 14.0. The number of piperidine rings is 1. The molecule has 1 saturated carbocycles. The molecule has 1 N–H and O–H groups in total. The maximum absolute atomic E-state index is 6.20. The highest BCUT2D eigenvalue weighted by Gasteiger charge is 2.34. The Morgan fingerprint density at radius 1 is 1.07 bits per heavy atom. The molecule has 1 aromatic carbocycles. The van der Waals surface area contributed by atoms with E-state index in [2.05, 4.69) is 32.5 Å². The molecular weight excluding hydrogens is 493 g/mol. The van der Waals surface area contributed by atoms with Crippen molar-refractivity contribution in [2.75, 3.05) is 25.0 Å². The molecule has 3 aliphatic rings. The van der Waals surface area contributed by atoms with Crippen molar-refractivity contribution in [1.29, 1.82) is 0 Å². The second kappa shape index (κ2) is 10.1. The number of nitrogens with zero attached hydrogens (tertiary/aromatic N) is 4. The monoisotopic (exact) mass is 523 g/mol. The third-order valence-electron chi connectivity index (χ3n) is 5.91. The first kappa shape index (κ1) is 21.5. The molecular formula is C22H30IN5O2. The average Bonchev–Trinajstić information content (AvgIpc) is 3.31. The molecule has 5 rings (SSSR count). The molecule has 2 aliphatic heterocycles. The molecule has 0 bridgehead atoms. The third kappa shape index (κ3) is 5.32. The maximum Gasteiger partial charge on any atom is 0.255 e. The fraction of sp³-hybridized carbons (Fsp3) is 0.591. The molecule has 0 spiro atoms. The first-order chi connectivity index (χ1) is 14.3. The number of aliphatic imine (C=N–C) groups is 1. The van der Waals surface area contributed by atoms with Gasteiger partial charge >= 0.3 is 0 Å². The molecule has 0 amide bonds. The van der Waals surface area contributed by atoms with Gasteiger partial charge in [0.15, 0.2) is 11.8 Å². The second-order valence-corrected chi connectivity index (χ2v) is 8.29. The minimum atomic E-state index is -0.0873. The van der Waals surface area contributed by atoms with Crippen LogP contribution < -0.4 is 5.32 Å². The number of nitrogens with one attached hydrogen (secondary N) is 1. The number of halogens is 1. The van der Waals surface area contributed by atoms with E-state index in [-0.39, 0.29) is 36.2 Å². The summed E-state index contributed by atoms with van der Waals surface area (Å²) >= 11 is 0. The van der Waals surface area contributed by atoms with Crippen LogP contribution in [-0.4, -0.2) is 46.7 Å². The molecule has 2 atom stereocenters. The normalized spacial score (nSPS) is 24.5. The van der Waals surface area contributed by atoms with Gasteiger partial charge in [-0.3, -0.25) is 4.99 Å². The highest BCUT2D eigenvalue weighted by Crippen LogP contribution is 2.39. The fourth-order valence-electron chi connectivity index (χ4n) is 4.07. The van der Waals surface area contributed by atoms with Crippen molar-refractivity contribution >= 4 is 35.6 Å². The number of para-hydroxylation sites is 1. The SMILES string of the molecule is I.c1ccc(NC(=NC[C@H]2CC[C@@H](c3nc(C4CC4)no3)O2)N2CCCCC2)cc1. The number of benzene rings is 1. The van der Waals surface area contributed by atoms with Crippen LogP contribution in [0.4, 0.5) is 5.69 Å². The number of hydrogen-bond donors (Lipinski definition) is 1. The quantitative estimate of drug-likeness (QED) is 0.347. The zero-order valence-electron chi connectivity index (χ0n) is 17.2. The van der Waals surface area contributed by atoms with Gasteiger partial charge in [-0.05, 0) is 57.1 Å². The van der Waals surface area contributed by atoms with Crippen molar-refractivity contribution in [2.24, 2.45) is 4.99 Å². The second-order valence-electron chi connectivity index (χ2n) is 8.29. The molecule has 2 saturated heterocycles. The average molecular weight is 523 g/mol. The molecule has 0 radical (unpaired) electrons. The van der Waals surface area contributed by atoms with Crippen molar-refractivity contribution < 1.29 is 9.26 Å². The summed E-state index contributed by atoms with van der Waals surface area (Å²) in [7, 11) is 0. The van der Waals surface area contributed by atoms with Gasteiger partial charge in [0.05, 0.1) is 12.6 Å². The highest BCUT2D eigenvalue weighted by atomic mass is 127. The Hall–Kier alpha value is -1.68. The number of ether oxygens (including phenoxy) is 1. The van der Waals surface area contributed by atoms with E-state index >= 15 is 0 Å². The molecule has 7 nitrogen and oxygen atoms in total. The van der Waals surface area contributed by atoms with Crippen LogP contribution in [0.3, 0.4) is 0 Å². The molecule has 3 heterocycles. The number of aromatic nitrogens is 2. The Kier molecular flexibility index (Phi) is 7.24. The summed E-state index contributed by atoms with van der Waals surface area (Å²) < 4.78 is 11.7. The first-order valence-electron chi connectivity index (χ1n) is 11.0. The van der Waals surface area contributed by atoms with Gasteiger partial charge in [-0.25, -0.2) is 0 Å². The lowest BCUT2D eigenvalue weighted by atomic mass is 10.1. The number of rotatable bonds is 5. The minimum Gasteiger partial charge on any atom is -0.363 e. The Balaban J connectivity index is 0.00000218. The predicted molar refractivity (Wildman–Crippen MR) is 126 cm³/mol. The predicted octanol–water partition coefficient (Wildman–Crippen LogP) is 4.74. The molecule has 1 aromatic heterocycles. The van der Waals surface area contributed by atoms with Gasteiger partial charge in [-0.2, -0.15) is 4.98 Å². The number of hydrogen-bond acceptors (Lipinski definition) is 5. The fourth-order valence-corrected chi connectivity index (χ4v) is 4.07. The van der Waals surface area contributed by atoms with Gasteiger partial charge in [0.1, 0.15) is 6.10 Å². The molecule has 3 fully saturated rings. The molecule has 30 heavy (non-hydrogen) atoms.